The number of imidazole rings is 2. The van der Waals surface area contributed by atoms with E-state index in [0.29, 0.717) is 115 Å². The number of carbonyl (C=O) groups excluding carboxylic acids is 5. The van der Waals surface area contributed by atoms with Crippen molar-refractivity contribution < 1.29 is 28.7 Å². The smallest absolute Gasteiger partial charge is 0.276 e. The van der Waals surface area contributed by atoms with E-state index in [2.05, 4.69) is 25.7 Å². The van der Waals surface area contributed by atoms with Gasteiger partial charge in [-0.1, -0.05) is 0 Å². The first-order chi connectivity index (χ1) is 31.5. The lowest BCUT2D eigenvalue weighted by atomic mass is 10.1. The second-order valence-corrected chi connectivity index (χ2v) is 17.0. The molecule has 0 saturated heterocycles. The van der Waals surface area contributed by atoms with Gasteiger partial charge in [0, 0.05) is 64.0 Å². The second kappa shape index (κ2) is 19.4. The number of nitrogens with two attached hydrogens (primary N) is 2. The number of anilines is 3. The molecule has 4 aromatic heterocycles. The first kappa shape index (κ1) is 46.7. The number of ether oxygens (including phenoxy) is 1. The zero-order valence-corrected chi connectivity index (χ0v) is 38.8. The van der Waals surface area contributed by atoms with Gasteiger partial charge in [-0.2, -0.15) is 10.2 Å². The van der Waals surface area contributed by atoms with Crippen molar-refractivity contribution >= 4 is 69.2 Å². The van der Waals surface area contributed by atoms with Crippen LogP contribution in [0.2, 0.25) is 0 Å². The molecule has 1 aliphatic heterocycles. The van der Waals surface area contributed by atoms with Gasteiger partial charge >= 0.3 is 0 Å². The number of nitrogens with one attached hydrogen (secondary N) is 2. The van der Waals surface area contributed by atoms with Gasteiger partial charge in [-0.3, -0.25) is 44.0 Å². The summed E-state index contributed by atoms with van der Waals surface area (Å²) in [7, 11) is 7.36. The summed E-state index contributed by atoms with van der Waals surface area (Å²) in [6.45, 7) is 10.3. The third-order valence-electron chi connectivity index (χ3n) is 11.7. The van der Waals surface area contributed by atoms with Gasteiger partial charge in [-0.05, 0) is 104 Å². The number of likely N-dealkylation sites (N-methyl/N-ethyl adjacent to an activating group) is 2. The van der Waals surface area contributed by atoms with Crippen molar-refractivity contribution in [3.8, 4) is 5.75 Å². The average molecular weight is 906 g/mol. The summed E-state index contributed by atoms with van der Waals surface area (Å²) >= 11 is 0. The normalized spacial score (nSPS) is 13.7. The maximum Gasteiger partial charge on any atom is 0.276 e. The molecule has 2 aromatic carbocycles. The van der Waals surface area contributed by atoms with E-state index in [1.165, 1.54) is 0 Å². The topological polar surface area (TPSA) is 252 Å². The number of aryl methyl sites for hydroxylation is 5. The highest BCUT2D eigenvalue weighted by Crippen LogP contribution is 2.40. The lowest BCUT2D eigenvalue weighted by Gasteiger charge is -2.21. The first-order valence-electron chi connectivity index (χ1n) is 22.1. The van der Waals surface area contributed by atoms with Crippen LogP contribution in [-0.2, 0) is 24.4 Å². The van der Waals surface area contributed by atoms with E-state index in [9.17, 15) is 24.0 Å². The quantitative estimate of drug-likeness (QED) is 0.0848. The van der Waals surface area contributed by atoms with Crippen molar-refractivity contribution in [2.75, 3.05) is 70.0 Å². The van der Waals surface area contributed by atoms with Gasteiger partial charge in [0.25, 0.3) is 11.8 Å². The minimum absolute atomic E-state index is 0.0274. The number of hydrogen-bond donors (Lipinski definition) is 4. The molecule has 5 heterocycles. The summed E-state index contributed by atoms with van der Waals surface area (Å²) < 4.78 is 13.5. The van der Waals surface area contributed by atoms with Crippen molar-refractivity contribution in [1.29, 1.82) is 0 Å². The van der Waals surface area contributed by atoms with Crippen LogP contribution in [0.25, 0.3) is 22.1 Å². The Morgan fingerprint density at radius 3 is 1.95 bits per heavy atom. The van der Waals surface area contributed by atoms with Crippen LogP contribution in [0.3, 0.4) is 0 Å². The highest BCUT2D eigenvalue weighted by Gasteiger charge is 2.30. The second-order valence-electron chi connectivity index (χ2n) is 17.0. The minimum Gasteiger partial charge on any atom is -0.491 e. The molecule has 0 unspecified atom stereocenters. The number of aromatic nitrogens is 8. The number of amides is 5. The molecule has 0 spiro atoms. The average Bonchev–Trinajstić information content (AvgIpc) is 4.02. The molecule has 7 rings (SSSR count). The van der Waals surface area contributed by atoms with Crippen LogP contribution in [0.1, 0.15) is 98.7 Å². The molecular weight excluding hydrogens is 847 g/mol. The SMILES string of the molecule is CCn1nc(C)cc1C(=O)Nc1nc2cc(C(N)=O)cc(OCCCN(C)C(=O)CN(C)C)c2n1CCC[C@H]1CCN(C)c2cc(C(N)=O)cc3nc(NC(=O)c4cc(C)nn4CC)n1c23. The highest BCUT2D eigenvalue weighted by molar-refractivity contribution is 6.06. The zero-order valence-electron chi connectivity index (χ0n) is 38.8. The van der Waals surface area contributed by atoms with E-state index in [0.717, 1.165) is 11.2 Å². The summed E-state index contributed by atoms with van der Waals surface area (Å²) in [6.07, 6.45) is 2.25. The van der Waals surface area contributed by atoms with Crippen LogP contribution < -0.4 is 31.7 Å². The lowest BCUT2D eigenvalue weighted by Crippen LogP contribution is -2.36. The maximum atomic E-state index is 14.0. The van der Waals surface area contributed by atoms with Crippen molar-refractivity contribution in [3.05, 3.63) is 70.3 Å². The Balaban J connectivity index is 1.25. The molecule has 0 bridgehead atoms. The van der Waals surface area contributed by atoms with E-state index in [4.69, 9.17) is 26.2 Å². The Labute approximate surface area is 382 Å². The molecule has 350 valence electrons. The number of nitrogens with zero attached hydrogens (tertiary/aromatic N) is 11. The van der Waals surface area contributed by atoms with Gasteiger partial charge in [0.2, 0.25) is 29.6 Å². The van der Waals surface area contributed by atoms with E-state index < -0.39 is 17.7 Å². The summed E-state index contributed by atoms with van der Waals surface area (Å²) in [6, 6.07) is 9.78. The fourth-order valence-electron chi connectivity index (χ4n) is 8.50. The van der Waals surface area contributed by atoms with Crippen LogP contribution in [0.15, 0.2) is 36.4 Å². The monoisotopic (exact) mass is 905 g/mol. The van der Waals surface area contributed by atoms with Gasteiger partial charge in [-0.15, -0.1) is 0 Å². The molecule has 0 saturated carbocycles. The Hall–Kier alpha value is -7.29. The van der Waals surface area contributed by atoms with Crippen LogP contribution in [-0.4, -0.2) is 132 Å². The van der Waals surface area contributed by atoms with Crippen molar-refractivity contribution in [2.45, 2.75) is 79.1 Å². The summed E-state index contributed by atoms with van der Waals surface area (Å²) in [5.74, 6) is -1.22. The Kier molecular flexibility index (Phi) is 13.8. The summed E-state index contributed by atoms with van der Waals surface area (Å²) in [5.41, 5.74) is 17.1. The molecule has 0 aliphatic carbocycles. The van der Waals surface area contributed by atoms with Gasteiger partial charge in [0.05, 0.1) is 46.8 Å². The van der Waals surface area contributed by atoms with Crippen LogP contribution in [0.4, 0.5) is 17.6 Å². The molecule has 6 N–H and O–H groups in total. The Morgan fingerprint density at radius 1 is 0.788 bits per heavy atom. The number of benzene rings is 2. The first-order valence-corrected chi connectivity index (χ1v) is 22.1. The number of hydrogen-bond acceptors (Lipinski definition) is 12. The van der Waals surface area contributed by atoms with Crippen LogP contribution >= 0.6 is 0 Å². The lowest BCUT2D eigenvalue weighted by molar-refractivity contribution is -0.130. The fourth-order valence-corrected chi connectivity index (χ4v) is 8.50. The fraction of sp³-hybridized carbons (Fsp3) is 0.444. The highest BCUT2D eigenvalue weighted by atomic mass is 16.5. The molecule has 1 aliphatic rings. The van der Waals surface area contributed by atoms with Crippen molar-refractivity contribution in [2.24, 2.45) is 11.5 Å². The van der Waals surface area contributed by atoms with Crippen molar-refractivity contribution in [1.82, 2.24) is 48.5 Å². The number of fused-ring (bicyclic) bond motifs is 1. The summed E-state index contributed by atoms with van der Waals surface area (Å²) in [4.78, 5) is 80.9. The maximum absolute atomic E-state index is 14.0. The molecule has 21 heteroatoms. The predicted molar refractivity (Wildman–Crippen MR) is 250 cm³/mol. The molecule has 1 atom stereocenters. The number of rotatable bonds is 19. The van der Waals surface area contributed by atoms with Gasteiger partial charge in [0.15, 0.2) is 0 Å². The Morgan fingerprint density at radius 2 is 1.36 bits per heavy atom. The van der Waals surface area contributed by atoms with Crippen LogP contribution in [0, 0.1) is 13.8 Å². The third-order valence-corrected chi connectivity index (χ3v) is 11.7. The molecule has 66 heavy (non-hydrogen) atoms. The standard InChI is InChI=1S/C45H59N15O6/c1-9-58-34(19-26(3)52-58)42(64)50-44-48-32-22-29(41(47)63)24-36(66-18-12-15-56(8)37(61)25-54(5)6)39(32)57(44)16-11-13-30-14-17-55(7)33-23-28(40(46)62)21-31-38(33)60(30)45(49-31)51-43(65)35-20-27(4)53-59(35)10-2/h19-24,30H,9-18,25H2,1-8H3,(H2,46,62)(H2,47,63)(H,48,50,64)(H,49,51,65)/t30-/m0/s1. The number of primary amides is 2. The third kappa shape index (κ3) is 9.70. The molecular formula is C45H59N15O6. The van der Waals surface area contributed by atoms with Gasteiger partial charge in [-0.25, -0.2) is 9.97 Å². The molecule has 5 amide bonds. The van der Waals surface area contributed by atoms with E-state index in [1.54, 1.807) is 57.7 Å². The summed E-state index contributed by atoms with van der Waals surface area (Å²) in [5, 5.41) is 15.0. The van der Waals surface area contributed by atoms with Crippen LogP contribution in [0.5, 0.6) is 5.75 Å². The van der Waals surface area contributed by atoms with E-state index in [-0.39, 0.29) is 42.5 Å². The molecule has 0 radical (unpaired) electrons. The van der Waals surface area contributed by atoms with Gasteiger partial charge in [0.1, 0.15) is 22.7 Å². The molecule has 21 nitrogen and oxygen atoms in total. The molecule has 0 fully saturated rings. The van der Waals surface area contributed by atoms with Gasteiger partial charge < -0.3 is 40.0 Å². The largest absolute Gasteiger partial charge is 0.491 e. The van der Waals surface area contributed by atoms with E-state index in [1.807, 2.05) is 62.9 Å². The predicted octanol–water partition coefficient (Wildman–Crippen LogP) is 3.79. The Bertz CT molecular complexity index is 2830. The van der Waals surface area contributed by atoms with Crippen molar-refractivity contribution in [3.63, 3.8) is 0 Å². The minimum atomic E-state index is -0.677. The molecule has 6 aromatic rings. The van der Waals surface area contributed by atoms with E-state index >= 15 is 0 Å². The zero-order chi connectivity index (χ0) is 47.6. The number of carbonyl (C=O) groups is 5.